The van der Waals surface area contributed by atoms with Crippen molar-refractivity contribution in [3.63, 3.8) is 0 Å². The molecule has 2 aromatic rings. The Bertz CT molecular complexity index is 493. The summed E-state index contributed by atoms with van der Waals surface area (Å²) in [5.41, 5.74) is 1.91. The third-order valence-electron chi connectivity index (χ3n) is 2.85. The van der Waals surface area contributed by atoms with E-state index in [-0.39, 0.29) is 11.8 Å². The highest BCUT2D eigenvalue weighted by molar-refractivity contribution is 5.28. The van der Waals surface area contributed by atoms with Gasteiger partial charge in [0.15, 0.2) is 0 Å². The van der Waals surface area contributed by atoms with Crippen LogP contribution < -0.4 is 5.32 Å². The number of rotatable bonds is 4. The Morgan fingerprint density at radius 2 is 1.89 bits per heavy atom. The molecule has 2 nitrogen and oxygen atoms in total. The van der Waals surface area contributed by atoms with Crippen LogP contribution in [0.3, 0.4) is 0 Å². The lowest BCUT2D eigenvalue weighted by molar-refractivity contribution is 0.466. The molecule has 0 spiro atoms. The quantitative estimate of drug-likeness (QED) is 0.865. The fourth-order valence-corrected chi connectivity index (χ4v) is 1.87. The molecule has 1 atom stereocenters. The minimum Gasteiger partial charge on any atom is -0.508 e. The summed E-state index contributed by atoms with van der Waals surface area (Å²) in [4.78, 5) is 0. The molecule has 0 aromatic heterocycles. The van der Waals surface area contributed by atoms with E-state index in [0.29, 0.717) is 6.54 Å². The Labute approximate surface area is 106 Å². The zero-order valence-corrected chi connectivity index (χ0v) is 10.2. The van der Waals surface area contributed by atoms with Gasteiger partial charge in [-0.05, 0) is 30.2 Å². The maximum Gasteiger partial charge on any atom is 0.127 e. The summed E-state index contributed by atoms with van der Waals surface area (Å²) < 4.78 is 13.1. The molecule has 18 heavy (non-hydrogen) atoms. The van der Waals surface area contributed by atoms with Gasteiger partial charge >= 0.3 is 0 Å². The molecule has 0 aliphatic carbocycles. The number of nitrogens with one attached hydrogen (secondary N) is 1. The Kier molecular flexibility index (Phi) is 3.95. The normalized spacial score (nSPS) is 12.3. The zero-order valence-electron chi connectivity index (χ0n) is 10.2. The van der Waals surface area contributed by atoms with Crippen LogP contribution in [0.4, 0.5) is 4.39 Å². The highest BCUT2D eigenvalue weighted by Gasteiger charge is 2.05. The van der Waals surface area contributed by atoms with Gasteiger partial charge in [0.25, 0.3) is 0 Å². The molecule has 94 valence electrons. The fourth-order valence-electron chi connectivity index (χ4n) is 1.87. The minimum atomic E-state index is -0.417. The molecule has 3 heteroatoms. The topological polar surface area (TPSA) is 32.3 Å². The molecule has 2 N–H and O–H groups in total. The van der Waals surface area contributed by atoms with Gasteiger partial charge in [0, 0.05) is 18.7 Å². The second-order valence-corrected chi connectivity index (χ2v) is 4.33. The molecule has 0 saturated carbocycles. The first-order chi connectivity index (χ1) is 8.65. The van der Waals surface area contributed by atoms with Gasteiger partial charge in [-0.2, -0.15) is 0 Å². The fraction of sp³-hybridized carbons (Fsp3) is 0.200. The standard InChI is InChI=1S/C15H16FNO/c1-11(13-5-3-2-4-6-13)17-10-12-7-14(16)9-15(18)8-12/h2-9,11,17-18H,10H2,1H3/t11-/m0/s1. The van der Waals surface area contributed by atoms with Crippen LogP contribution in [-0.4, -0.2) is 5.11 Å². The van der Waals surface area contributed by atoms with Gasteiger partial charge in [-0.15, -0.1) is 0 Å². The Morgan fingerprint density at radius 1 is 1.17 bits per heavy atom. The van der Waals surface area contributed by atoms with Gasteiger partial charge in [0.1, 0.15) is 11.6 Å². The van der Waals surface area contributed by atoms with E-state index < -0.39 is 5.82 Å². The van der Waals surface area contributed by atoms with E-state index in [2.05, 4.69) is 12.2 Å². The van der Waals surface area contributed by atoms with Gasteiger partial charge in [-0.1, -0.05) is 30.3 Å². The lowest BCUT2D eigenvalue weighted by Crippen LogP contribution is -2.18. The molecule has 0 bridgehead atoms. The predicted octanol–water partition coefficient (Wildman–Crippen LogP) is 3.38. The highest BCUT2D eigenvalue weighted by atomic mass is 19.1. The third kappa shape index (κ3) is 3.31. The van der Waals surface area contributed by atoms with E-state index >= 15 is 0 Å². The van der Waals surface area contributed by atoms with Gasteiger partial charge in [-0.3, -0.25) is 0 Å². The molecular weight excluding hydrogens is 229 g/mol. The van der Waals surface area contributed by atoms with Crippen LogP contribution >= 0.6 is 0 Å². The van der Waals surface area contributed by atoms with Crippen molar-refractivity contribution in [2.24, 2.45) is 0 Å². The van der Waals surface area contributed by atoms with Crippen molar-refractivity contribution < 1.29 is 9.50 Å². The van der Waals surface area contributed by atoms with Crippen molar-refractivity contribution in [2.45, 2.75) is 19.5 Å². The van der Waals surface area contributed by atoms with Gasteiger partial charge < -0.3 is 10.4 Å². The molecule has 0 unspecified atom stereocenters. The summed E-state index contributed by atoms with van der Waals surface area (Å²) in [5, 5.41) is 12.6. The second-order valence-electron chi connectivity index (χ2n) is 4.33. The van der Waals surface area contributed by atoms with E-state index in [4.69, 9.17) is 0 Å². The Balaban J connectivity index is 1.99. The van der Waals surface area contributed by atoms with Crippen LogP contribution in [0.25, 0.3) is 0 Å². The number of halogens is 1. The Hall–Kier alpha value is -1.87. The van der Waals surface area contributed by atoms with Crippen LogP contribution in [0.15, 0.2) is 48.5 Å². The number of hydrogen-bond acceptors (Lipinski definition) is 2. The molecule has 0 saturated heterocycles. The number of phenols is 1. The van der Waals surface area contributed by atoms with Gasteiger partial charge in [-0.25, -0.2) is 4.39 Å². The molecule has 0 fully saturated rings. The molecule has 0 aliphatic heterocycles. The first-order valence-corrected chi connectivity index (χ1v) is 5.92. The van der Waals surface area contributed by atoms with Crippen LogP contribution in [0.1, 0.15) is 24.1 Å². The maximum absolute atomic E-state index is 13.1. The first kappa shape index (κ1) is 12.6. The number of phenolic OH excluding ortho intramolecular Hbond substituents is 1. The number of aromatic hydroxyl groups is 1. The van der Waals surface area contributed by atoms with E-state index in [0.717, 1.165) is 11.6 Å². The van der Waals surface area contributed by atoms with Gasteiger partial charge in [0.05, 0.1) is 0 Å². The van der Waals surface area contributed by atoms with E-state index in [1.54, 1.807) is 6.07 Å². The van der Waals surface area contributed by atoms with Crippen LogP contribution in [-0.2, 0) is 6.54 Å². The minimum absolute atomic E-state index is 0.0424. The SMILES string of the molecule is C[C@H](NCc1cc(O)cc(F)c1)c1ccccc1. The average molecular weight is 245 g/mol. The number of benzene rings is 2. The summed E-state index contributed by atoms with van der Waals surface area (Å²) in [6, 6.07) is 14.3. The van der Waals surface area contributed by atoms with Crippen molar-refractivity contribution in [2.75, 3.05) is 0 Å². The van der Waals surface area contributed by atoms with Crippen LogP contribution in [0.5, 0.6) is 5.75 Å². The smallest absolute Gasteiger partial charge is 0.127 e. The molecule has 0 heterocycles. The van der Waals surface area contributed by atoms with Crippen molar-refractivity contribution in [3.8, 4) is 5.75 Å². The van der Waals surface area contributed by atoms with Crippen molar-refractivity contribution in [3.05, 3.63) is 65.5 Å². The van der Waals surface area contributed by atoms with Crippen LogP contribution in [0.2, 0.25) is 0 Å². The van der Waals surface area contributed by atoms with E-state index in [9.17, 15) is 9.50 Å². The first-order valence-electron chi connectivity index (χ1n) is 5.92. The number of hydrogen-bond donors (Lipinski definition) is 2. The average Bonchev–Trinajstić information content (AvgIpc) is 2.36. The summed E-state index contributed by atoms with van der Waals surface area (Å²) in [7, 11) is 0. The summed E-state index contributed by atoms with van der Waals surface area (Å²) in [5.74, 6) is -0.460. The second kappa shape index (κ2) is 5.65. The van der Waals surface area contributed by atoms with E-state index in [1.165, 1.54) is 11.6 Å². The van der Waals surface area contributed by atoms with Crippen molar-refractivity contribution in [1.82, 2.24) is 5.32 Å². The monoisotopic (exact) mass is 245 g/mol. The zero-order chi connectivity index (χ0) is 13.0. The lowest BCUT2D eigenvalue weighted by atomic mass is 10.1. The summed E-state index contributed by atoms with van der Waals surface area (Å²) >= 11 is 0. The largest absolute Gasteiger partial charge is 0.508 e. The Morgan fingerprint density at radius 3 is 2.56 bits per heavy atom. The van der Waals surface area contributed by atoms with Crippen molar-refractivity contribution >= 4 is 0 Å². The van der Waals surface area contributed by atoms with Crippen LogP contribution in [0, 0.1) is 5.82 Å². The maximum atomic E-state index is 13.1. The lowest BCUT2D eigenvalue weighted by Gasteiger charge is -2.14. The van der Waals surface area contributed by atoms with E-state index in [1.807, 2.05) is 30.3 Å². The highest BCUT2D eigenvalue weighted by Crippen LogP contribution is 2.16. The van der Waals surface area contributed by atoms with Gasteiger partial charge in [0.2, 0.25) is 0 Å². The summed E-state index contributed by atoms with van der Waals surface area (Å²) in [6.07, 6.45) is 0. The predicted molar refractivity (Wildman–Crippen MR) is 69.8 cm³/mol. The van der Waals surface area contributed by atoms with Crippen molar-refractivity contribution in [1.29, 1.82) is 0 Å². The summed E-state index contributed by atoms with van der Waals surface area (Å²) in [6.45, 7) is 2.57. The molecule has 0 aliphatic rings. The molecule has 0 amide bonds. The third-order valence-corrected chi connectivity index (χ3v) is 2.85. The molecular formula is C15H16FNO. The molecule has 2 aromatic carbocycles. The molecule has 0 radical (unpaired) electrons. The molecule has 2 rings (SSSR count).